The van der Waals surface area contributed by atoms with E-state index in [0.717, 1.165) is 15.6 Å². The molecule has 0 spiro atoms. The van der Waals surface area contributed by atoms with Crippen LogP contribution >= 0.6 is 24.0 Å². The summed E-state index contributed by atoms with van der Waals surface area (Å²) in [6.07, 6.45) is 1.55. The maximum Gasteiger partial charge on any atom is 0.410 e. The second kappa shape index (κ2) is 10.3. The third-order valence-corrected chi connectivity index (χ3v) is 6.17. The third kappa shape index (κ3) is 6.89. The van der Waals surface area contributed by atoms with Gasteiger partial charge in [0.15, 0.2) is 0 Å². The Hall–Kier alpha value is -2.73. The van der Waals surface area contributed by atoms with Gasteiger partial charge in [-0.15, -0.1) is 5.10 Å². The fraction of sp³-hybridized carbons (Fsp3) is 0.500. The monoisotopic (exact) mass is 478 g/mol. The first-order valence-corrected chi connectivity index (χ1v) is 11.5. The number of thioether (sulfide) groups is 1. The Kier molecular flexibility index (Phi) is 7.67. The van der Waals surface area contributed by atoms with Crippen molar-refractivity contribution in [2.45, 2.75) is 38.7 Å². The zero-order chi connectivity index (χ0) is 23.3. The summed E-state index contributed by atoms with van der Waals surface area (Å²) in [6.45, 7) is 8.52. The Bertz CT molecular complexity index is 965. The highest BCUT2D eigenvalue weighted by molar-refractivity contribution is 8.22. The highest BCUT2D eigenvalue weighted by Gasteiger charge is 2.26. The van der Waals surface area contributed by atoms with Crippen LogP contribution in [0.4, 0.5) is 10.5 Å². The number of carbonyl (C=O) groups is 1. The van der Waals surface area contributed by atoms with Crippen LogP contribution in [-0.4, -0.2) is 71.9 Å². The number of amides is 1. The molecule has 1 aromatic carbocycles. The molecule has 0 bridgehead atoms. The molecule has 0 saturated carbocycles. The molecule has 1 aliphatic rings. The predicted octanol–water partition coefficient (Wildman–Crippen LogP) is 3.31. The molecule has 32 heavy (non-hydrogen) atoms. The molecule has 172 valence electrons. The summed E-state index contributed by atoms with van der Waals surface area (Å²) in [6, 6.07) is 6.37. The molecule has 1 fully saturated rings. The summed E-state index contributed by atoms with van der Waals surface area (Å²) in [5.41, 5.74) is 1.25. The van der Waals surface area contributed by atoms with Crippen LogP contribution in [0.2, 0.25) is 0 Å². The van der Waals surface area contributed by atoms with Gasteiger partial charge in [-0.25, -0.2) is 9.48 Å². The summed E-state index contributed by atoms with van der Waals surface area (Å²) >= 11 is 7.07. The van der Waals surface area contributed by atoms with Crippen LogP contribution in [0.1, 0.15) is 32.0 Å². The van der Waals surface area contributed by atoms with Gasteiger partial charge in [-0.3, -0.25) is 10.1 Å². The van der Waals surface area contributed by atoms with E-state index in [2.05, 4.69) is 15.2 Å². The summed E-state index contributed by atoms with van der Waals surface area (Å²) in [5, 5.41) is 19.1. The summed E-state index contributed by atoms with van der Waals surface area (Å²) in [7, 11) is 0. The Morgan fingerprint density at radius 3 is 2.41 bits per heavy atom. The molecule has 0 radical (unpaired) electrons. The van der Waals surface area contributed by atoms with Gasteiger partial charge in [-0.05, 0) is 26.3 Å². The van der Waals surface area contributed by atoms with Crippen LogP contribution in [-0.2, 0) is 17.0 Å². The molecular formula is C20H26N6O4S2. The van der Waals surface area contributed by atoms with Gasteiger partial charge in [0.05, 0.1) is 17.2 Å². The number of rotatable bonds is 5. The van der Waals surface area contributed by atoms with Crippen molar-refractivity contribution in [2.75, 3.05) is 26.2 Å². The Morgan fingerprint density at radius 2 is 1.81 bits per heavy atom. The molecular weight excluding hydrogens is 452 g/mol. The first kappa shape index (κ1) is 23.9. The first-order valence-electron chi connectivity index (χ1n) is 10.1. The molecule has 1 amide bonds. The molecule has 1 aromatic heterocycles. The normalized spacial score (nSPS) is 14.3. The molecule has 1 aliphatic heterocycles. The lowest BCUT2D eigenvalue weighted by Crippen LogP contribution is -2.50. The zero-order valence-corrected chi connectivity index (χ0v) is 19.9. The average molecular weight is 479 g/mol. The summed E-state index contributed by atoms with van der Waals surface area (Å²) in [5.74, 6) is 0.589. The van der Waals surface area contributed by atoms with E-state index < -0.39 is 10.5 Å². The summed E-state index contributed by atoms with van der Waals surface area (Å²) in [4.78, 5) is 26.3. The minimum absolute atomic E-state index is 0.0601. The fourth-order valence-electron chi connectivity index (χ4n) is 3.02. The van der Waals surface area contributed by atoms with Crippen molar-refractivity contribution in [3.05, 3.63) is 51.8 Å². The van der Waals surface area contributed by atoms with Crippen molar-refractivity contribution in [3.8, 4) is 0 Å². The molecule has 0 N–H and O–H groups in total. The highest BCUT2D eigenvalue weighted by Crippen LogP contribution is 2.19. The van der Waals surface area contributed by atoms with E-state index in [1.165, 1.54) is 23.9 Å². The van der Waals surface area contributed by atoms with Crippen molar-refractivity contribution in [1.29, 1.82) is 0 Å². The number of nitrogens with zero attached hydrogens (tertiary/aromatic N) is 6. The van der Waals surface area contributed by atoms with Gasteiger partial charge in [-0.2, -0.15) is 0 Å². The van der Waals surface area contributed by atoms with E-state index in [1.54, 1.807) is 21.7 Å². The standard InChI is InChI=1S/C20H26N6O4S2/c1-20(2,3)30-18(27)23-8-10-24(11-9-23)19(31)32-14-16-13-25(22-21-16)12-15-4-6-17(7-5-15)26(28)29/h4-7,13H,8-12,14H2,1-3H3. The minimum Gasteiger partial charge on any atom is -0.444 e. The van der Waals surface area contributed by atoms with E-state index in [0.29, 0.717) is 38.5 Å². The van der Waals surface area contributed by atoms with Crippen LogP contribution in [0.3, 0.4) is 0 Å². The average Bonchev–Trinajstić information content (AvgIpc) is 3.18. The SMILES string of the molecule is CC(C)(C)OC(=O)N1CCN(C(=S)SCc2cn(Cc3ccc([N+](=O)[O-])cc3)nn2)CC1. The van der Waals surface area contributed by atoms with Crippen LogP contribution in [0, 0.1) is 10.1 Å². The lowest BCUT2D eigenvalue weighted by atomic mass is 10.2. The minimum atomic E-state index is -0.505. The van der Waals surface area contributed by atoms with Gasteiger partial charge in [-0.1, -0.05) is 41.3 Å². The van der Waals surface area contributed by atoms with E-state index in [1.807, 2.05) is 27.0 Å². The number of ether oxygens (including phenoxy) is 1. The van der Waals surface area contributed by atoms with Crippen molar-refractivity contribution < 1.29 is 14.5 Å². The Labute approximate surface area is 196 Å². The number of nitro groups is 1. The third-order valence-electron chi connectivity index (χ3n) is 4.61. The van der Waals surface area contributed by atoms with Crippen LogP contribution in [0.5, 0.6) is 0 Å². The zero-order valence-electron chi connectivity index (χ0n) is 18.3. The smallest absolute Gasteiger partial charge is 0.410 e. The van der Waals surface area contributed by atoms with Crippen molar-refractivity contribution in [2.24, 2.45) is 0 Å². The number of thiocarbonyl (C=S) groups is 1. The maximum absolute atomic E-state index is 12.2. The molecule has 2 aromatic rings. The van der Waals surface area contributed by atoms with E-state index >= 15 is 0 Å². The van der Waals surface area contributed by atoms with Gasteiger partial charge in [0.2, 0.25) is 0 Å². The number of benzene rings is 1. The Morgan fingerprint density at radius 1 is 1.19 bits per heavy atom. The first-order chi connectivity index (χ1) is 15.1. The van der Waals surface area contributed by atoms with E-state index in [-0.39, 0.29) is 11.8 Å². The Balaban J connectivity index is 1.43. The molecule has 10 nitrogen and oxygen atoms in total. The number of aromatic nitrogens is 3. The van der Waals surface area contributed by atoms with Crippen LogP contribution in [0.25, 0.3) is 0 Å². The highest BCUT2D eigenvalue weighted by atomic mass is 32.2. The molecule has 1 saturated heterocycles. The van der Waals surface area contributed by atoms with Crippen molar-refractivity contribution in [3.63, 3.8) is 0 Å². The number of hydrogen-bond donors (Lipinski definition) is 0. The summed E-state index contributed by atoms with van der Waals surface area (Å²) < 4.78 is 7.88. The molecule has 3 rings (SSSR count). The predicted molar refractivity (Wildman–Crippen MR) is 125 cm³/mol. The fourth-order valence-corrected chi connectivity index (χ4v) is 4.15. The van der Waals surface area contributed by atoms with Crippen LogP contribution < -0.4 is 0 Å². The number of carbonyl (C=O) groups excluding carboxylic acids is 1. The second-order valence-electron chi connectivity index (χ2n) is 8.34. The molecule has 2 heterocycles. The molecule has 12 heteroatoms. The number of nitro benzene ring substituents is 1. The number of piperazine rings is 1. The largest absolute Gasteiger partial charge is 0.444 e. The van der Waals surface area contributed by atoms with Gasteiger partial charge in [0.1, 0.15) is 9.92 Å². The van der Waals surface area contributed by atoms with Crippen molar-refractivity contribution in [1.82, 2.24) is 24.8 Å². The van der Waals surface area contributed by atoms with Gasteiger partial charge in [0, 0.05) is 50.3 Å². The van der Waals surface area contributed by atoms with E-state index in [9.17, 15) is 14.9 Å². The molecule has 0 aliphatic carbocycles. The molecule has 0 unspecified atom stereocenters. The maximum atomic E-state index is 12.2. The lowest BCUT2D eigenvalue weighted by Gasteiger charge is -2.36. The quantitative estimate of drug-likeness (QED) is 0.363. The van der Waals surface area contributed by atoms with Gasteiger partial charge in [0.25, 0.3) is 5.69 Å². The topological polar surface area (TPSA) is 107 Å². The lowest BCUT2D eigenvalue weighted by molar-refractivity contribution is -0.384. The second-order valence-corrected chi connectivity index (χ2v) is 9.95. The molecule has 0 atom stereocenters. The number of non-ortho nitro benzene ring substituents is 1. The van der Waals surface area contributed by atoms with Gasteiger partial charge < -0.3 is 14.5 Å². The van der Waals surface area contributed by atoms with Crippen LogP contribution in [0.15, 0.2) is 30.5 Å². The van der Waals surface area contributed by atoms with E-state index in [4.69, 9.17) is 17.0 Å². The number of hydrogen-bond acceptors (Lipinski definition) is 8. The van der Waals surface area contributed by atoms with Gasteiger partial charge >= 0.3 is 6.09 Å². The van der Waals surface area contributed by atoms with Crippen molar-refractivity contribution >= 4 is 40.1 Å².